The van der Waals surface area contributed by atoms with E-state index < -0.39 is 15.8 Å². The van der Waals surface area contributed by atoms with E-state index in [4.69, 9.17) is 23.2 Å². The Morgan fingerprint density at radius 3 is 2.70 bits per heavy atom. The van der Waals surface area contributed by atoms with Crippen LogP contribution < -0.4 is 5.32 Å². The summed E-state index contributed by atoms with van der Waals surface area (Å²) in [5.74, 6) is -0.550. The number of halogens is 2. The number of amides is 1. The summed E-state index contributed by atoms with van der Waals surface area (Å²) in [7, 11) is -3.03. The maximum atomic E-state index is 11.8. The minimum Gasteiger partial charge on any atom is -0.356 e. The van der Waals surface area contributed by atoms with Gasteiger partial charge in [0.2, 0.25) is 5.91 Å². The number of carbonyl (C=O) groups excluding carboxylic acids is 1. The molecule has 1 aliphatic heterocycles. The van der Waals surface area contributed by atoms with E-state index in [0.29, 0.717) is 29.4 Å². The summed E-state index contributed by atoms with van der Waals surface area (Å²) in [6, 6.07) is 5.22. The molecule has 0 saturated carbocycles. The van der Waals surface area contributed by atoms with Gasteiger partial charge in [0.1, 0.15) is 0 Å². The number of hydrogen-bond donors (Lipinski definition) is 1. The average molecular weight is 336 g/mol. The van der Waals surface area contributed by atoms with Gasteiger partial charge in [-0.1, -0.05) is 29.3 Å². The second-order valence-corrected chi connectivity index (χ2v) is 7.95. The normalized spacial score (nSPS) is 20.8. The van der Waals surface area contributed by atoms with Crippen LogP contribution in [0.4, 0.5) is 0 Å². The lowest BCUT2D eigenvalue weighted by Crippen LogP contribution is -2.32. The predicted octanol–water partition coefficient (Wildman–Crippen LogP) is 2.09. The first-order valence-corrected chi connectivity index (χ1v) is 8.87. The van der Waals surface area contributed by atoms with Gasteiger partial charge in [-0.3, -0.25) is 4.79 Å². The van der Waals surface area contributed by atoms with Gasteiger partial charge in [0, 0.05) is 16.6 Å². The van der Waals surface area contributed by atoms with Crippen molar-refractivity contribution in [2.24, 2.45) is 5.92 Å². The van der Waals surface area contributed by atoms with Crippen LogP contribution in [-0.2, 0) is 21.1 Å². The Morgan fingerprint density at radius 2 is 2.10 bits per heavy atom. The topological polar surface area (TPSA) is 63.2 Å². The molecule has 7 heteroatoms. The van der Waals surface area contributed by atoms with Crippen molar-refractivity contribution < 1.29 is 13.2 Å². The molecule has 20 heavy (non-hydrogen) atoms. The van der Waals surface area contributed by atoms with Crippen molar-refractivity contribution in [3.8, 4) is 0 Å². The summed E-state index contributed by atoms with van der Waals surface area (Å²) >= 11 is 11.8. The van der Waals surface area contributed by atoms with Crippen LogP contribution in [-0.4, -0.2) is 32.4 Å². The first-order valence-electron chi connectivity index (χ1n) is 6.29. The van der Waals surface area contributed by atoms with E-state index in [0.717, 1.165) is 5.56 Å². The third kappa shape index (κ3) is 4.11. The molecule has 1 fully saturated rings. The van der Waals surface area contributed by atoms with Crippen molar-refractivity contribution in [3.05, 3.63) is 33.8 Å². The van der Waals surface area contributed by atoms with Gasteiger partial charge in [-0.2, -0.15) is 0 Å². The zero-order valence-corrected chi connectivity index (χ0v) is 13.1. The van der Waals surface area contributed by atoms with E-state index in [2.05, 4.69) is 5.32 Å². The van der Waals surface area contributed by atoms with Gasteiger partial charge in [-0.05, 0) is 30.5 Å². The van der Waals surface area contributed by atoms with Gasteiger partial charge in [-0.15, -0.1) is 0 Å². The van der Waals surface area contributed by atoms with E-state index in [9.17, 15) is 13.2 Å². The van der Waals surface area contributed by atoms with Crippen LogP contribution in [0.5, 0.6) is 0 Å². The molecule has 1 aromatic rings. The molecule has 0 aliphatic carbocycles. The Bertz CT molecular complexity index is 616. The maximum absolute atomic E-state index is 11.8. The van der Waals surface area contributed by atoms with Crippen LogP contribution in [0.1, 0.15) is 12.0 Å². The fourth-order valence-electron chi connectivity index (χ4n) is 2.19. The standard InChI is InChI=1S/C13H15Cl2NO3S/c14-11-2-1-9(12(15)7-11)3-5-16-13(17)10-4-6-20(18,19)8-10/h1-2,7,10H,3-6,8H2,(H,16,17)/t10-/m0/s1. The molecule has 110 valence electrons. The molecule has 1 N–H and O–H groups in total. The van der Waals surface area contributed by atoms with E-state index in [1.807, 2.05) is 6.07 Å². The summed E-state index contributed by atoms with van der Waals surface area (Å²) < 4.78 is 22.6. The molecular weight excluding hydrogens is 321 g/mol. The van der Waals surface area contributed by atoms with Crippen molar-refractivity contribution >= 4 is 38.9 Å². The van der Waals surface area contributed by atoms with Crippen LogP contribution in [0.3, 0.4) is 0 Å². The number of rotatable bonds is 4. The Balaban J connectivity index is 1.83. The smallest absolute Gasteiger partial charge is 0.224 e. The van der Waals surface area contributed by atoms with Gasteiger partial charge in [0.05, 0.1) is 17.4 Å². The molecule has 1 heterocycles. The quantitative estimate of drug-likeness (QED) is 0.916. The zero-order valence-electron chi connectivity index (χ0n) is 10.7. The molecule has 2 rings (SSSR count). The summed E-state index contributed by atoms with van der Waals surface area (Å²) in [5.41, 5.74) is 0.899. The minimum atomic E-state index is -3.03. The van der Waals surface area contributed by atoms with Crippen LogP contribution in [0.25, 0.3) is 0 Å². The van der Waals surface area contributed by atoms with Crippen molar-refractivity contribution in [3.63, 3.8) is 0 Å². The first kappa shape index (κ1) is 15.6. The maximum Gasteiger partial charge on any atom is 0.224 e. The van der Waals surface area contributed by atoms with Gasteiger partial charge in [0.25, 0.3) is 0 Å². The van der Waals surface area contributed by atoms with E-state index in [1.54, 1.807) is 12.1 Å². The summed E-state index contributed by atoms with van der Waals surface area (Å²) in [4.78, 5) is 11.8. The van der Waals surface area contributed by atoms with Crippen LogP contribution in [0, 0.1) is 5.92 Å². The zero-order chi connectivity index (χ0) is 14.8. The van der Waals surface area contributed by atoms with Gasteiger partial charge in [0.15, 0.2) is 9.84 Å². The second-order valence-electron chi connectivity index (χ2n) is 4.88. The lowest BCUT2D eigenvalue weighted by atomic mass is 10.1. The molecule has 0 spiro atoms. The summed E-state index contributed by atoms with van der Waals surface area (Å²) in [5, 5.41) is 3.89. The molecule has 4 nitrogen and oxygen atoms in total. The van der Waals surface area contributed by atoms with Crippen molar-refractivity contribution in [1.82, 2.24) is 5.32 Å². The Morgan fingerprint density at radius 1 is 1.35 bits per heavy atom. The summed E-state index contributed by atoms with van der Waals surface area (Å²) in [6.45, 7) is 0.427. The van der Waals surface area contributed by atoms with Crippen molar-refractivity contribution in [2.75, 3.05) is 18.1 Å². The molecular formula is C13H15Cl2NO3S. The Hall–Kier alpha value is -0.780. The second kappa shape index (κ2) is 6.33. The minimum absolute atomic E-state index is 0.0411. The molecule has 1 aromatic carbocycles. The van der Waals surface area contributed by atoms with Crippen LogP contribution in [0.15, 0.2) is 18.2 Å². The molecule has 1 atom stereocenters. The van der Waals surface area contributed by atoms with Gasteiger partial charge in [-0.25, -0.2) is 8.42 Å². The number of sulfone groups is 1. The van der Waals surface area contributed by atoms with Gasteiger partial charge >= 0.3 is 0 Å². The molecule has 1 amide bonds. The molecule has 1 aliphatic rings. The molecule has 0 radical (unpaired) electrons. The molecule has 0 bridgehead atoms. The highest BCUT2D eigenvalue weighted by molar-refractivity contribution is 7.91. The van der Waals surface area contributed by atoms with Gasteiger partial charge < -0.3 is 5.32 Å². The molecule has 0 aromatic heterocycles. The average Bonchev–Trinajstić information content (AvgIpc) is 2.72. The fraction of sp³-hybridized carbons (Fsp3) is 0.462. The lowest BCUT2D eigenvalue weighted by Gasteiger charge is -2.10. The predicted molar refractivity (Wildman–Crippen MR) is 79.9 cm³/mol. The highest BCUT2D eigenvalue weighted by Crippen LogP contribution is 2.21. The molecule has 1 saturated heterocycles. The number of carbonyl (C=O) groups is 1. The lowest BCUT2D eigenvalue weighted by molar-refractivity contribution is -0.124. The SMILES string of the molecule is O=C(NCCc1ccc(Cl)cc1Cl)[C@H]1CCS(=O)(=O)C1. The van der Waals surface area contributed by atoms with Crippen LogP contribution in [0.2, 0.25) is 10.0 Å². The molecule has 0 unspecified atom stereocenters. The van der Waals surface area contributed by atoms with E-state index in [-0.39, 0.29) is 17.4 Å². The van der Waals surface area contributed by atoms with Crippen LogP contribution >= 0.6 is 23.2 Å². The van der Waals surface area contributed by atoms with E-state index in [1.165, 1.54) is 0 Å². The van der Waals surface area contributed by atoms with Crippen molar-refractivity contribution in [2.45, 2.75) is 12.8 Å². The largest absolute Gasteiger partial charge is 0.356 e. The van der Waals surface area contributed by atoms with E-state index >= 15 is 0 Å². The van der Waals surface area contributed by atoms with Crippen molar-refractivity contribution in [1.29, 1.82) is 0 Å². The number of hydrogen-bond acceptors (Lipinski definition) is 3. The fourth-order valence-corrected chi connectivity index (χ4v) is 4.44. The first-order chi connectivity index (χ1) is 9.37. The Labute approximate surface area is 128 Å². The highest BCUT2D eigenvalue weighted by Gasteiger charge is 2.32. The number of benzene rings is 1. The monoisotopic (exact) mass is 335 g/mol. The third-order valence-corrected chi connectivity index (χ3v) is 5.67. The highest BCUT2D eigenvalue weighted by atomic mass is 35.5. The Kier molecular flexibility index (Phi) is 4.94. The number of nitrogens with one attached hydrogen (secondary N) is 1. The summed E-state index contributed by atoms with van der Waals surface area (Å²) in [6.07, 6.45) is 0.997. The third-order valence-electron chi connectivity index (χ3n) is 3.31.